The Bertz CT molecular complexity index is 765. The molecule has 0 bridgehead atoms. The second-order valence-corrected chi connectivity index (χ2v) is 7.35. The fourth-order valence-corrected chi connectivity index (χ4v) is 4.41. The molecular weight excluding hydrogens is 286 g/mol. The molecule has 2 aromatic rings. The molecule has 112 valence electrons. The summed E-state index contributed by atoms with van der Waals surface area (Å²) in [6.45, 7) is 0.610. The van der Waals surface area contributed by atoms with Crippen molar-refractivity contribution in [1.29, 1.82) is 0 Å². The van der Waals surface area contributed by atoms with Crippen LogP contribution in [-0.2, 0) is 23.3 Å². The van der Waals surface area contributed by atoms with Gasteiger partial charge in [-0.05, 0) is 55.0 Å². The van der Waals surface area contributed by atoms with E-state index < -0.39 is 9.84 Å². The summed E-state index contributed by atoms with van der Waals surface area (Å²) in [7, 11) is -1.88. The Morgan fingerprint density at radius 3 is 2.90 bits per heavy atom. The monoisotopic (exact) mass is 305 g/mol. The third-order valence-corrected chi connectivity index (χ3v) is 5.91. The molecule has 1 aromatic carbocycles. The molecule has 2 N–H and O–H groups in total. The van der Waals surface area contributed by atoms with Crippen LogP contribution in [0.4, 0.5) is 0 Å². The van der Waals surface area contributed by atoms with Gasteiger partial charge in [0.05, 0.1) is 4.90 Å². The Hall–Kier alpha value is -1.66. The van der Waals surface area contributed by atoms with Crippen molar-refractivity contribution in [3.63, 3.8) is 0 Å². The summed E-state index contributed by atoms with van der Waals surface area (Å²) in [5.41, 5.74) is 8.11. The molecule has 0 saturated heterocycles. The average Bonchev–Trinajstić information content (AvgIpc) is 2.93. The zero-order valence-corrected chi connectivity index (χ0v) is 12.8. The van der Waals surface area contributed by atoms with Crippen LogP contribution in [0.5, 0.6) is 0 Å². The molecule has 5 nitrogen and oxygen atoms in total. The molecule has 1 aromatic heterocycles. The molecule has 21 heavy (non-hydrogen) atoms. The first kappa shape index (κ1) is 14.3. The molecule has 1 unspecified atom stereocenters. The number of hydrogen-bond acceptors (Lipinski definition) is 4. The quantitative estimate of drug-likeness (QED) is 0.935. The van der Waals surface area contributed by atoms with E-state index in [0.717, 1.165) is 24.8 Å². The number of benzene rings is 1. The minimum Gasteiger partial charge on any atom is -0.330 e. The van der Waals surface area contributed by atoms with E-state index in [2.05, 4.69) is 4.98 Å². The number of hydrogen-bond donors (Lipinski definition) is 1. The predicted molar refractivity (Wildman–Crippen MR) is 79.8 cm³/mol. The van der Waals surface area contributed by atoms with Crippen LogP contribution < -0.4 is 5.73 Å². The molecule has 0 saturated carbocycles. The van der Waals surface area contributed by atoms with E-state index in [1.807, 2.05) is 6.07 Å². The minimum atomic E-state index is -3.56. The highest BCUT2D eigenvalue weighted by Crippen LogP contribution is 2.33. The maximum absolute atomic E-state index is 12.6. The maximum atomic E-state index is 12.6. The Kier molecular flexibility index (Phi) is 3.59. The van der Waals surface area contributed by atoms with Gasteiger partial charge in [0.1, 0.15) is 0 Å². The third kappa shape index (κ3) is 2.38. The zero-order valence-electron chi connectivity index (χ0n) is 12.0. The molecule has 1 aliphatic carbocycles. The van der Waals surface area contributed by atoms with Gasteiger partial charge in [-0.2, -0.15) is 0 Å². The van der Waals surface area contributed by atoms with E-state index in [9.17, 15) is 8.42 Å². The molecule has 6 heteroatoms. The van der Waals surface area contributed by atoms with Gasteiger partial charge < -0.3 is 10.3 Å². The summed E-state index contributed by atoms with van der Waals surface area (Å²) >= 11 is 0. The lowest BCUT2D eigenvalue weighted by molar-refractivity contribution is 0.557. The Morgan fingerprint density at radius 1 is 1.43 bits per heavy atom. The molecule has 0 radical (unpaired) electrons. The van der Waals surface area contributed by atoms with Gasteiger partial charge >= 0.3 is 0 Å². The predicted octanol–water partition coefficient (Wildman–Crippen LogP) is 1.63. The minimum absolute atomic E-state index is 0.0774. The highest BCUT2D eigenvalue weighted by molar-refractivity contribution is 7.91. The average molecular weight is 305 g/mol. The molecule has 1 atom stereocenters. The van der Waals surface area contributed by atoms with E-state index in [1.54, 1.807) is 25.4 Å². The van der Waals surface area contributed by atoms with Crippen molar-refractivity contribution in [2.45, 2.75) is 35.2 Å². The molecule has 0 aliphatic heterocycles. The first-order valence-electron chi connectivity index (χ1n) is 7.09. The number of aromatic nitrogens is 2. The summed E-state index contributed by atoms with van der Waals surface area (Å²) in [6, 6.07) is 5.39. The van der Waals surface area contributed by atoms with Crippen LogP contribution in [0.1, 0.15) is 29.9 Å². The standard InChI is InChI=1S/C15H19N3O2S/c1-18-8-7-17-15(18)21(19,20)13-5-6-14-11(9-13)3-2-4-12(14)10-16/h5-9,12H,2-4,10,16H2,1H3. The maximum Gasteiger partial charge on any atom is 0.240 e. The molecular formula is C15H19N3O2S. The van der Waals surface area contributed by atoms with Gasteiger partial charge in [0.25, 0.3) is 0 Å². The first-order chi connectivity index (χ1) is 10.0. The second kappa shape index (κ2) is 5.27. The fraction of sp³-hybridized carbons (Fsp3) is 0.400. The lowest BCUT2D eigenvalue weighted by Crippen LogP contribution is -2.19. The van der Waals surface area contributed by atoms with Crippen LogP contribution in [0.3, 0.4) is 0 Å². The number of nitrogens with two attached hydrogens (primary N) is 1. The third-order valence-electron chi connectivity index (χ3n) is 4.17. The molecule has 0 spiro atoms. The number of nitrogens with zero attached hydrogens (tertiary/aromatic N) is 2. The van der Waals surface area contributed by atoms with Gasteiger partial charge in [-0.1, -0.05) is 6.07 Å². The lowest BCUT2D eigenvalue weighted by Gasteiger charge is -2.24. The number of imidazole rings is 1. The van der Waals surface area contributed by atoms with E-state index in [4.69, 9.17) is 5.73 Å². The number of aryl methyl sites for hydroxylation is 2. The van der Waals surface area contributed by atoms with Crippen LogP contribution >= 0.6 is 0 Å². The van der Waals surface area contributed by atoms with E-state index >= 15 is 0 Å². The van der Waals surface area contributed by atoms with Crippen molar-refractivity contribution < 1.29 is 8.42 Å². The fourth-order valence-electron chi connectivity index (χ4n) is 3.02. The van der Waals surface area contributed by atoms with Crippen molar-refractivity contribution in [3.05, 3.63) is 41.7 Å². The Labute approximate surface area is 124 Å². The first-order valence-corrected chi connectivity index (χ1v) is 8.57. The largest absolute Gasteiger partial charge is 0.330 e. The SMILES string of the molecule is Cn1ccnc1S(=O)(=O)c1ccc2c(c1)CCCC2CN. The van der Waals surface area contributed by atoms with E-state index in [0.29, 0.717) is 17.4 Å². The van der Waals surface area contributed by atoms with Crippen LogP contribution in [-0.4, -0.2) is 24.5 Å². The van der Waals surface area contributed by atoms with Crippen molar-refractivity contribution in [2.24, 2.45) is 12.8 Å². The topological polar surface area (TPSA) is 78.0 Å². The smallest absolute Gasteiger partial charge is 0.240 e. The highest BCUT2D eigenvalue weighted by atomic mass is 32.2. The van der Waals surface area contributed by atoms with Gasteiger partial charge in [0.15, 0.2) is 0 Å². The second-order valence-electron chi connectivity index (χ2n) is 5.51. The van der Waals surface area contributed by atoms with Crippen LogP contribution in [0.25, 0.3) is 0 Å². The van der Waals surface area contributed by atoms with Gasteiger partial charge in [0, 0.05) is 19.4 Å². The highest BCUT2D eigenvalue weighted by Gasteiger charge is 2.25. The number of fused-ring (bicyclic) bond motifs is 1. The normalized spacial score (nSPS) is 18.5. The van der Waals surface area contributed by atoms with Gasteiger partial charge in [-0.25, -0.2) is 13.4 Å². The summed E-state index contributed by atoms with van der Waals surface area (Å²) in [6.07, 6.45) is 6.18. The van der Waals surface area contributed by atoms with Crippen LogP contribution in [0.2, 0.25) is 0 Å². The van der Waals surface area contributed by atoms with Gasteiger partial charge in [0.2, 0.25) is 15.0 Å². The summed E-state index contributed by atoms with van der Waals surface area (Å²) < 4.78 is 26.8. The molecule has 3 rings (SSSR count). The number of sulfone groups is 1. The van der Waals surface area contributed by atoms with Crippen molar-refractivity contribution in [2.75, 3.05) is 6.54 Å². The summed E-state index contributed by atoms with van der Waals surface area (Å²) in [4.78, 5) is 4.28. The molecule has 1 heterocycles. The van der Waals surface area contributed by atoms with Crippen molar-refractivity contribution in [3.8, 4) is 0 Å². The van der Waals surface area contributed by atoms with Crippen molar-refractivity contribution >= 4 is 9.84 Å². The summed E-state index contributed by atoms with van der Waals surface area (Å²) in [5, 5.41) is 0.0774. The van der Waals surface area contributed by atoms with Gasteiger partial charge in [-0.15, -0.1) is 0 Å². The zero-order chi connectivity index (χ0) is 15.0. The number of rotatable bonds is 3. The van der Waals surface area contributed by atoms with E-state index in [1.165, 1.54) is 16.3 Å². The lowest BCUT2D eigenvalue weighted by atomic mass is 9.83. The summed E-state index contributed by atoms with van der Waals surface area (Å²) in [5.74, 6) is 0.346. The Morgan fingerprint density at radius 2 is 2.24 bits per heavy atom. The van der Waals surface area contributed by atoms with Crippen LogP contribution in [0.15, 0.2) is 40.6 Å². The van der Waals surface area contributed by atoms with Gasteiger partial charge in [-0.3, -0.25) is 0 Å². The van der Waals surface area contributed by atoms with Crippen LogP contribution in [0, 0.1) is 0 Å². The van der Waals surface area contributed by atoms with E-state index in [-0.39, 0.29) is 5.16 Å². The molecule has 0 fully saturated rings. The van der Waals surface area contributed by atoms with Crippen molar-refractivity contribution in [1.82, 2.24) is 9.55 Å². The Balaban J connectivity index is 2.07. The molecule has 1 aliphatic rings. The molecule has 0 amide bonds.